The minimum atomic E-state index is -0.856. The Morgan fingerprint density at radius 3 is 2.61 bits per heavy atom. The molecule has 4 aromatic rings. The van der Waals surface area contributed by atoms with Gasteiger partial charge in [-0.3, -0.25) is 9.59 Å². The Labute approximate surface area is 207 Å². The van der Waals surface area contributed by atoms with Crippen molar-refractivity contribution < 1.29 is 33.0 Å². The van der Waals surface area contributed by atoms with Crippen molar-refractivity contribution in [1.29, 1.82) is 0 Å². The average Bonchev–Trinajstić information content (AvgIpc) is 3.63. The zero-order valence-corrected chi connectivity index (χ0v) is 19.9. The Hall–Kier alpha value is -4.46. The third-order valence-corrected chi connectivity index (χ3v) is 6.07. The molecule has 1 N–H and O–H groups in total. The number of para-hydroxylation sites is 1. The second-order valence-corrected chi connectivity index (χ2v) is 8.41. The van der Waals surface area contributed by atoms with E-state index in [0.29, 0.717) is 40.4 Å². The van der Waals surface area contributed by atoms with Gasteiger partial charge in [0.2, 0.25) is 5.78 Å². The summed E-state index contributed by atoms with van der Waals surface area (Å²) in [6.45, 7) is 2.66. The quantitative estimate of drug-likeness (QED) is 0.307. The van der Waals surface area contributed by atoms with Crippen LogP contribution in [0.2, 0.25) is 0 Å². The third kappa shape index (κ3) is 4.11. The SMILES string of the molecule is CCCOc1ccc(C2C(C(=O)c3cc4cccc(OC)c4o3)=C(O)C(=O)N2Cc2ccco2)cc1. The van der Waals surface area contributed by atoms with Gasteiger partial charge in [-0.1, -0.05) is 31.2 Å². The summed E-state index contributed by atoms with van der Waals surface area (Å²) in [5.41, 5.74) is 0.987. The van der Waals surface area contributed by atoms with Crippen LogP contribution in [0.1, 0.15) is 41.3 Å². The molecule has 3 heterocycles. The van der Waals surface area contributed by atoms with E-state index in [-0.39, 0.29) is 17.9 Å². The standard InChI is InChI=1S/C28H25NO7/c1-3-13-34-19-11-9-17(10-12-19)24-23(26(31)28(32)29(24)16-20-7-5-14-35-20)25(30)22-15-18-6-4-8-21(33-2)27(18)36-22/h4-12,14-15,24,31H,3,13,16H2,1-2H3. The minimum Gasteiger partial charge on any atom is -0.503 e. The predicted molar refractivity (Wildman–Crippen MR) is 131 cm³/mol. The van der Waals surface area contributed by atoms with Gasteiger partial charge in [0.05, 0.1) is 38.1 Å². The molecule has 8 heteroatoms. The summed E-state index contributed by atoms with van der Waals surface area (Å²) in [6, 6.07) is 16.6. The number of nitrogens with zero attached hydrogens (tertiary/aromatic N) is 1. The van der Waals surface area contributed by atoms with Crippen molar-refractivity contribution in [3.05, 3.63) is 95.3 Å². The Morgan fingerprint density at radius 1 is 1.11 bits per heavy atom. The molecular formula is C28H25NO7. The summed E-state index contributed by atoms with van der Waals surface area (Å²) in [5, 5.41) is 11.6. The molecule has 0 aliphatic carbocycles. The van der Waals surface area contributed by atoms with Crippen molar-refractivity contribution in [3.8, 4) is 11.5 Å². The summed E-state index contributed by atoms with van der Waals surface area (Å²) in [6.07, 6.45) is 2.37. The highest BCUT2D eigenvalue weighted by atomic mass is 16.5. The fourth-order valence-corrected chi connectivity index (χ4v) is 4.37. The third-order valence-electron chi connectivity index (χ3n) is 6.07. The molecule has 8 nitrogen and oxygen atoms in total. The van der Waals surface area contributed by atoms with Gasteiger partial charge < -0.3 is 28.3 Å². The maximum Gasteiger partial charge on any atom is 0.290 e. The normalized spacial score (nSPS) is 15.7. The van der Waals surface area contributed by atoms with E-state index in [0.717, 1.165) is 6.42 Å². The number of hydrogen-bond acceptors (Lipinski definition) is 7. The van der Waals surface area contributed by atoms with Crippen molar-refractivity contribution in [1.82, 2.24) is 4.90 Å². The summed E-state index contributed by atoms with van der Waals surface area (Å²) in [7, 11) is 1.51. The first-order valence-electron chi connectivity index (χ1n) is 11.6. The molecule has 2 aromatic heterocycles. The Morgan fingerprint density at radius 2 is 1.92 bits per heavy atom. The van der Waals surface area contributed by atoms with Crippen LogP contribution in [0.25, 0.3) is 11.0 Å². The molecule has 0 spiro atoms. The smallest absolute Gasteiger partial charge is 0.290 e. The van der Waals surface area contributed by atoms with Crippen molar-refractivity contribution in [2.75, 3.05) is 13.7 Å². The number of furan rings is 2. The number of carbonyl (C=O) groups excluding carboxylic acids is 2. The lowest BCUT2D eigenvalue weighted by molar-refractivity contribution is -0.130. The van der Waals surface area contributed by atoms with Gasteiger partial charge in [0, 0.05) is 5.39 Å². The van der Waals surface area contributed by atoms with Crippen molar-refractivity contribution in [3.63, 3.8) is 0 Å². The van der Waals surface area contributed by atoms with Gasteiger partial charge in [0.25, 0.3) is 5.91 Å². The molecule has 0 bridgehead atoms. The molecule has 1 aliphatic heterocycles. The number of Topliss-reactive ketones (excluding diaryl/α,β-unsaturated/α-hetero) is 1. The van der Waals surface area contributed by atoms with Crippen molar-refractivity contribution in [2.45, 2.75) is 25.9 Å². The number of ketones is 1. The van der Waals surface area contributed by atoms with Gasteiger partial charge in [-0.05, 0) is 48.4 Å². The fraction of sp³-hybridized carbons (Fsp3) is 0.214. The number of aliphatic hydroxyl groups excluding tert-OH is 1. The van der Waals surface area contributed by atoms with E-state index >= 15 is 0 Å². The molecule has 0 radical (unpaired) electrons. The van der Waals surface area contributed by atoms with Gasteiger partial charge in [-0.2, -0.15) is 0 Å². The van der Waals surface area contributed by atoms with Gasteiger partial charge in [-0.15, -0.1) is 0 Å². The predicted octanol–water partition coefficient (Wildman–Crippen LogP) is 5.60. The zero-order chi connectivity index (χ0) is 25.2. The molecular weight excluding hydrogens is 462 g/mol. The first-order valence-corrected chi connectivity index (χ1v) is 11.6. The summed E-state index contributed by atoms with van der Waals surface area (Å²) in [5.74, 6) is -0.200. The van der Waals surface area contributed by atoms with Crippen molar-refractivity contribution >= 4 is 22.7 Å². The highest BCUT2D eigenvalue weighted by Crippen LogP contribution is 2.41. The van der Waals surface area contributed by atoms with Crippen LogP contribution in [-0.4, -0.2) is 35.4 Å². The Balaban J connectivity index is 1.56. The van der Waals surface area contributed by atoms with Crippen LogP contribution in [0.3, 0.4) is 0 Å². The Bertz CT molecular complexity index is 1430. The Kier molecular flexibility index (Phi) is 6.25. The molecule has 1 amide bonds. The molecule has 184 valence electrons. The lowest BCUT2D eigenvalue weighted by atomic mass is 9.95. The van der Waals surface area contributed by atoms with E-state index in [9.17, 15) is 14.7 Å². The first-order chi connectivity index (χ1) is 17.5. The molecule has 1 atom stereocenters. The van der Waals surface area contributed by atoms with Gasteiger partial charge in [0.1, 0.15) is 11.5 Å². The highest BCUT2D eigenvalue weighted by Gasteiger charge is 2.45. The summed E-state index contributed by atoms with van der Waals surface area (Å²) < 4.78 is 22.3. The topological polar surface area (TPSA) is 102 Å². The summed E-state index contributed by atoms with van der Waals surface area (Å²) >= 11 is 0. The highest BCUT2D eigenvalue weighted by molar-refractivity contribution is 6.16. The summed E-state index contributed by atoms with van der Waals surface area (Å²) in [4.78, 5) is 28.3. The molecule has 0 saturated heterocycles. The molecule has 0 fully saturated rings. The molecule has 0 saturated carbocycles. The van der Waals surface area contributed by atoms with Crippen LogP contribution < -0.4 is 9.47 Å². The fourth-order valence-electron chi connectivity index (χ4n) is 4.37. The number of benzene rings is 2. The number of fused-ring (bicyclic) bond motifs is 1. The monoisotopic (exact) mass is 487 g/mol. The van der Waals surface area contributed by atoms with Gasteiger partial charge in [0.15, 0.2) is 22.9 Å². The van der Waals surface area contributed by atoms with Gasteiger partial charge in [-0.25, -0.2) is 0 Å². The maximum absolute atomic E-state index is 13.7. The van der Waals surface area contributed by atoms with Crippen LogP contribution in [-0.2, 0) is 11.3 Å². The maximum atomic E-state index is 13.7. The van der Waals surface area contributed by atoms with Crippen molar-refractivity contribution in [2.24, 2.45) is 0 Å². The average molecular weight is 488 g/mol. The van der Waals surface area contributed by atoms with E-state index < -0.39 is 23.5 Å². The van der Waals surface area contributed by atoms with E-state index in [2.05, 4.69) is 0 Å². The lowest BCUT2D eigenvalue weighted by Gasteiger charge is -2.26. The van der Waals surface area contributed by atoms with E-state index in [1.54, 1.807) is 60.7 Å². The second-order valence-electron chi connectivity index (χ2n) is 8.41. The van der Waals surface area contributed by atoms with Crippen LogP contribution >= 0.6 is 0 Å². The van der Waals surface area contributed by atoms with Crippen LogP contribution in [0.5, 0.6) is 11.5 Å². The van der Waals surface area contributed by atoms with Gasteiger partial charge >= 0.3 is 0 Å². The zero-order valence-electron chi connectivity index (χ0n) is 19.9. The molecule has 1 aliphatic rings. The minimum absolute atomic E-state index is 0.00315. The number of ether oxygens (including phenoxy) is 2. The lowest BCUT2D eigenvalue weighted by Crippen LogP contribution is -2.30. The number of methoxy groups -OCH3 is 1. The first kappa shape index (κ1) is 23.3. The molecule has 5 rings (SSSR count). The van der Waals surface area contributed by atoms with Crippen LogP contribution in [0.15, 0.2) is 87.1 Å². The number of carbonyl (C=O) groups is 2. The molecule has 2 aromatic carbocycles. The van der Waals surface area contributed by atoms with E-state index in [1.807, 2.05) is 6.92 Å². The number of hydrogen-bond donors (Lipinski definition) is 1. The molecule has 36 heavy (non-hydrogen) atoms. The molecule has 1 unspecified atom stereocenters. The second kappa shape index (κ2) is 9.65. The van der Waals surface area contributed by atoms with E-state index in [1.165, 1.54) is 18.3 Å². The number of aliphatic hydroxyl groups is 1. The van der Waals surface area contributed by atoms with Crippen LogP contribution in [0, 0.1) is 0 Å². The van der Waals surface area contributed by atoms with Crippen LogP contribution in [0.4, 0.5) is 0 Å². The van der Waals surface area contributed by atoms with E-state index in [4.69, 9.17) is 18.3 Å². The number of amides is 1. The largest absolute Gasteiger partial charge is 0.503 e. The number of rotatable bonds is 9.